The highest BCUT2D eigenvalue weighted by Crippen LogP contribution is 2.34. The lowest BCUT2D eigenvalue weighted by Gasteiger charge is -2.23. The van der Waals surface area contributed by atoms with E-state index < -0.39 is 29.9 Å². The summed E-state index contributed by atoms with van der Waals surface area (Å²) in [6, 6.07) is 11.4. The molecule has 0 unspecified atom stereocenters. The largest absolute Gasteiger partial charge is 0.325 e. The van der Waals surface area contributed by atoms with Crippen LogP contribution in [0.5, 0.6) is 0 Å². The second kappa shape index (κ2) is 7.81. The quantitative estimate of drug-likeness (QED) is 0.719. The second-order valence-electron chi connectivity index (χ2n) is 6.67. The van der Waals surface area contributed by atoms with Crippen molar-refractivity contribution < 1.29 is 14.4 Å². The Labute approximate surface area is 172 Å². The van der Waals surface area contributed by atoms with Crippen molar-refractivity contribution in [1.29, 1.82) is 0 Å². The number of carbonyl (C=O) groups is 3. The van der Waals surface area contributed by atoms with Crippen molar-refractivity contribution in [2.75, 3.05) is 11.9 Å². The standard InChI is InChI=1S/C20H19Cl2N3O3/c1-3-12-4-7-14(8-5-12)23-17(26)11-25-18(27)20(2,24-19(25)28)15-9-6-13(21)10-16(15)22/h4-10H,3,11H2,1-2H3,(H,23,26)(H,24,28)/t20-/m1/s1. The van der Waals surface area contributed by atoms with Gasteiger partial charge in [-0.1, -0.05) is 48.3 Å². The first-order chi connectivity index (χ1) is 13.2. The zero-order valence-electron chi connectivity index (χ0n) is 15.4. The van der Waals surface area contributed by atoms with Crippen molar-refractivity contribution in [1.82, 2.24) is 10.2 Å². The molecule has 2 aromatic carbocycles. The molecular formula is C20H19Cl2N3O3. The minimum atomic E-state index is -1.37. The second-order valence-corrected chi connectivity index (χ2v) is 7.51. The molecule has 0 radical (unpaired) electrons. The van der Waals surface area contributed by atoms with E-state index in [-0.39, 0.29) is 5.02 Å². The van der Waals surface area contributed by atoms with E-state index in [0.29, 0.717) is 16.3 Å². The zero-order chi connectivity index (χ0) is 20.5. The molecule has 1 fully saturated rings. The van der Waals surface area contributed by atoms with Crippen LogP contribution in [0.4, 0.5) is 10.5 Å². The van der Waals surface area contributed by atoms with Gasteiger partial charge in [-0.3, -0.25) is 14.5 Å². The van der Waals surface area contributed by atoms with Gasteiger partial charge in [-0.15, -0.1) is 0 Å². The number of nitrogens with one attached hydrogen (secondary N) is 2. The lowest BCUT2D eigenvalue weighted by Crippen LogP contribution is -2.42. The average molecular weight is 420 g/mol. The number of amides is 4. The molecule has 1 aliphatic rings. The molecule has 1 aliphatic heterocycles. The molecular weight excluding hydrogens is 401 g/mol. The highest BCUT2D eigenvalue weighted by atomic mass is 35.5. The summed E-state index contributed by atoms with van der Waals surface area (Å²) in [5.74, 6) is -1.03. The monoisotopic (exact) mass is 419 g/mol. The van der Waals surface area contributed by atoms with Crippen molar-refractivity contribution in [3.63, 3.8) is 0 Å². The highest BCUT2D eigenvalue weighted by molar-refractivity contribution is 6.35. The molecule has 0 aliphatic carbocycles. The van der Waals surface area contributed by atoms with E-state index in [1.165, 1.54) is 6.07 Å². The summed E-state index contributed by atoms with van der Waals surface area (Å²) in [6.45, 7) is 3.18. The van der Waals surface area contributed by atoms with E-state index in [9.17, 15) is 14.4 Å². The molecule has 0 spiro atoms. The molecule has 8 heteroatoms. The third-order valence-electron chi connectivity index (χ3n) is 4.69. The molecule has 0 aromatic heterocycles. The van der Waals surface area contributed by atoms with Gasteiger partial charge >= 0.3 is 6.03 Å². The number of benzene rings is 2. The summed E-state index contributed by atoms with van der Waals surface area (Å²) in [5, 5.41) is 5.98. The topological polar surface area (TPSA) is 78.5 Å². The van der Waals surface area contributed by atoms with Crippen LogP contribution in [0.25, 0.3) is 0 Å². The van der Waals surface area contributed by atoms with Crippen LogP contribution in [-0.2, 0) is 21.5 Å². The van der Waals surface area contributed by atoms with Gasteiger partial charge in [0, 0.05) is 21.3 Å². The Morgan fingerprint density at radius 1 is 1.14 bits per heavy atom. The fraction of sp³-hybridized carbons (Fsp3) is 0.250. The first kappa shape index (κ1) is 20.2. The van der Waals surface area contributed by atoms with Gasteiger partial charge in [-0.25, -0.2) is 4.79 Å². The Balaban J connectivity index is 1.75. The van der Waals surface area contributed by atoms with Crippen LogP contribution in [0, 0.1) is 0 Å². The predicted molar refractivity (Wildman–Crippen MR) is 109 cm³/mol. The molecule has 28 heavy (non-hydrogen) atoms. The number of rotatable bonds is 5. The number of anilines is 1. The Morgan fingerprint density at radius 2 is 1.82 bits per heavy atom. The zero-order valence-corrected chi connectivity index (χ0v) is 16.9. The average Bonchev–Trinajstić information content (AvgIpc) is 2.86. The predicted octanol–water partition coefficient (Wildman–Crippen LogP) is 3.96. The molecule has 6 nitrogen and oxygen atoms in total. The number of urea groups is 1. The van der Waals surface area contributed by atoms with Gasteiger partial charge in [0.15, 0.2) is 0 Å². The molecule has 146 valence electrons. The number of nitrogens with zero attached hydrogens (tertiary/aromatic N) is 1. The maximum atomic E-state index is 12.9. The molecule has 4 amide bonds. The third kappa shape index (κ3) is 3.84. The van der Waals surface area contributed by atoms with E-state index in [0.717, 1.165) is 16.9 Å². The number of hydrogen-bond donors (Lipinski definition) is 2. The Morgan fingerprint density at radius 3 is 2.43 bits per heavy atom. The van der Waals surface area contributed by atoms with Crippen LogP contribution in [0.2, 0.25) is 10.0 Å². The minimum Gasteiger partial charge on any atom is -0.325 e. The maximum absolute atomic E-state index is 12.9. The summed E-state index contributed by atoms with van der Waals surface area (Å²) < 4.78 is 0. The van der Waals surface area contributed by atoms with Gasteiger partial charge < -0.3 is 10.6 Å². The molecule has 1 atom stereocenters. The lowest BCUT2D eigenvalue weighted by molar-refractivity contribution is -0.133. The van der Waals surface area contributed by atoms with E-state index >= 15 is 0 Å². The number of carbonyl (C=O) groups excluding carboxylic acids is 3. The van der Waals surface area contributed by atoms with E-state index in [1.807, 2.05) is 19.1 Å². The van der Waals surface area contributed by atoms with Crippen LogP contribution in [0.15, 0.2) is 42.5 Å². The summed E-state index contributed by atoms with van der Waals surface area (Å²) in [6.07, 6.45) is 0.891. The summed E-state index contributed by atoms with van der Waals surface area (Å²) >= 11 is 12.1. The van der Waals surface area contributed by atoms with Crippen molar-refractivity contribution in [2.45, 2.75) is 25.8 Å². The Bertz CT molecular complexity index is 946. The van der Waals surface area contributed by atoms with Gasteiger partial charge in [0.05, 0.1) is 0 Å². The van der Waals surface area contributed by atoms with E-state index in [2.05, 4.69) is 10.6 Å². The first-order valence-corrected chi connectivity index (χ1v) is 9.48. The van der Waals surface area contributed by atoms with Gasteiger partial charge in [-0.05, 0) is 43.2 Å². The molecule has 0 saturated carbocycles. The fourth-order valence-electron chi connectivity index (χ4n) is 3.09. The van der Waals surface area contributed by atoms with Crippen molar-refractivity contribution in [2.24, 2.45) is 0 Å². The van der Waals surface area contributed by atoms with Gasteiger partial charge in [-0.2, -0.15) is 0 Å². The van der Waals surface area contributed by atoms with Crippen LogP contribution in [0.3, 0.4) is 0 Å². The Kier molecular flexibility index (Phi) is 5.63. The number of hydrogen-bond acceptors (Lipinski definition) is 3. The van der Waals surface area contributed by atoms with Crippen LogP contribution < -0.4 is 10.6 Å². The Hall–Kier alpha value is -2.57. The van der Waals surface area contributed by atoms with Crippen molar-refractivity contribution in [3.8, 4) is 0 Å². The number of halogens is 2. The number of imide groups is 1. The maximum Gasteiger partial charge on any atom is 0.325 e. The van der Waals surface area contributed by atoms with Crippen molar-refractivity contribution in [3.05, 3.63) is 63.6 Å². The molecule has 0 bridgehead atoms. The van der Waals surface area contributed by atoms with Gasteiger partial charge in [0.1, 0.15) is 12.1 Å². The lowest BCUT2D eigenvalue weighted by atomic mass is 9.92. The highest BCUT2D eigenvalue weighted by Gasteiger charge is 2.50. The minimum absolute atomic E-state index is 0.256. The molecule has 3 rings (SSSR count). The summed E-state index contributed by atoms with van der Waals surface area (Å²) in [5.41, 5.74) is 0.775. The summed E-state index contributed by atoms with van der Waals surface area (Å²) in [7, 11) is 0. The first-order valence-electron chi connectivity index (χ1n) is 8.73. The number of aryl methyl sites for hydroxylation is 1. The fourth-order valence-corrected chi connectivity index (χ4v) is 3.68. The molecule has 2 aromatic rings. The van der Waals surface area contributed by atoms with Crippen molar-refractivity contribution >= 4 is 46.7 Å². The summed E-state index contributed by atoms with van der Waals surface area (Å²) in [4.78, 5) is 38.5. The van der Waals surface area contributed by atoms with E-state index in [4.69, 9.17) is 23.2 Å². The normalized spacial score (nSPS) is 18.9. The molecule has 1 saturated heterocycles. The van der Waals surface area contributed by atoms with Crippen LogP contribution in [-0.4, -0.2) is 29.3 Å². The van der Waals surface area contributed by atoms with E-state index in [1.54, 1.807) is 31.2 Å². The van der Waals surface area contributed by atoms with Crippen LogP contribution >= 0.6 is 23.2 Å². The third-order valence-corrected chi connectivity index (χ3v) is 5.24. The van der Waals surface area contributed by atoms with Gasteiger partial charge in [0.25, 0.3) is 5.91 Å². The molecule has 2 N–H and O–H groups in total. The smallest absolute Gasteiger partial charge is 0.325 e. The van der Waals surface area contributed by atoms with Crippen LogP contribution in [0.1, 0.15) is 25.0 Å². The molecule has 1 heterocycles. The van der Waals surface area contributed by atoms with Gasteiger partial charge in [0.2, 0.25) is 5.91 Å². The SMILES string of the molecule is CCc1ccc(NC(=O)CN2C(=O)N[C@](C)(c3ccc(Cl)cc3Cl)C2=O)cc1.